The first-order chi connectivity index (χ1) is 14.5. The molecule has 30 heavy (non-hydrogen) atoms. The van der Waals surface area contributed by atoms with Crippen LogP contribution in [0.3, 0.4) is 0 Å². The van der Waals surface area contributed by atoms with E-state index in [0.717, 1.165) is 40.7 Å². The van der Waals surface area contributed by atoms with Gasteiger partial charge in [-0.1, -0.05) is 11.3 Å². The minimum Gasteiger partial charge on any atom is -0.494 e. The number of hydrogen-bond acceptors (Lipinski definition) is 4. The Labute approximate surface area is 183 Å². The number of aromatic nitrogens is 1. The molecule has 1 aromatic heterocycles. The van der Waals surface area contributed by atoms with Gasteiger partial charge in [0, 0.05) is 5.56 Å². The van der Waals surface area contributed by atoms with Gasteiger partial charge in [-0.05, 0) is 82.1 Å². The Hall–Kier alpha value is -2.44. The van der Waals surface area contributed by atoms with Gasteiger partial charge < -0.3 is 9.64 Å². The van der Waals surface area contributed by atoms with Crippen molar-refractivity contribution in [2.45, 2.75) is 34.6 Å². The second-order valence-corrected chi connectivity index (χ2v) is 8.53. The van der Waals surface area contributed by atoms with E-state index in [-0.39, 0.29) is 5.91 Å². The molecule has 0 atom stereocenters. The Morgan fingerprint density at radius 3 is 2.37 bits per heavy atom. The zero-order valence-corrected chi connectivity index (χ0v) is 19.4. The van der Waals surface area contributed by atoms with Crippen LogP contribution in [0.25, 0.3) is 10.2 Å². The molecular weight excluding hydrogens is 394 g/mol. The van der Waals surface area contributed by atoms with Crippen LogP contribution in [0.15, 0.2) is 36.4 Å². The number of nitrogens with one attached hydrogen (secondary N) is 1. The highest BCUT2D eigenvalue weighted by atomic mass is 32.1. The quantitative estimate of drug-likeness (QED) is 0.565. The van der Waals surface area contributed by atoms with Crippen LogP contribution in [-0.4, -0.2) is 43.7 Å². The fraction of sp³-hybridized carbons (Fsp3) is 0.417. The summed E-state index contributed by atoms with van der Waals surface area (Å²) in [5, 5.41) is 0.764. The van der Waals surface area contributed by atoms with Crippen LogP contribution >= 0.6 is 11.3 Å². The molecule has 3 rings (SSSR count). The largest absolute Gasteiger partial charge is 0.494 e. The molecule has 0 aliphatic carbocycles. The molecule has 0 unspecified atom stereocenters. The van der Waals surface area contributed by atoms with Gasteiger partial charge >= 0.3 is 0 Å². The van der Waals surface area contributed by atoms with E-state index in [1.54, 1.807) is 11.3 Å². The average Bonchev–Trinajstić information content (AvgIpc) is 3.14. The molecule has 160 valence electrons. The van der Waals surface area contributed by atoms with E-state index < -0.39 is 0 Å². The predicted molar refractivity (Wildman–Crippen MR) is 125 cm³/mol. The van der Waals surface area contributed by atoms with Crippen LogP contribution in [0.2, 0.25) is 0 Å². The molecular formula is C24H32N3O2S+. The number of amides is 1. The van der Waals surface area contributed by atoms with Crippen molar-refractivity contribution in [2.75, 3.05) is 37.7 Å². The molecule has 6 heteroatoms. The maximum atomic E-state index is 13.5. The summed E-state index contributed by atoms with van der Waals surface area (Å²) in [7, 11) is 0. The lowest BCUT2D eigenvalue weighted by Gasteiger charge is -2.23. The molecule has 1 amide bonds. The van der Waals surface area contributed by atoms with Gasteiger partial charge in [0.25, 0.3) is 5.91 Å². The number of carbonyl (C=O) groups is 1. The minimum atomic E-state index is -0.0166. The molecule has 0 aliphatic rings. The summed E-state index contributed by atoms with van der Waals surface area (Å²) in [5.74, 6) is 0.760. The highest BCUT2D eigenvalue weighted by molar-refractivity contribution is 7.22. The van der Waals surface area contributed by atoms with Crippen molar-refractivity contribution < 1.29 is 14.4 Å². The van der Waals surface area contributed by atoms with Crippen LogP contribution in [-0.2, 0) is 0 Å². The maximum Gasteiger partial charge on any atom is 0.260 e. The number of carbonyl (C=O) groups excluding carboxylic acids is 1. The van der Waals surface area contributed by atoms with Crippen molar-refractivity contribution in [2.24, 2.45) is 0 Å². The predicted octanol–water partition coefficient (Wildman–Crippen LogP) is 3.88. The van der Waals surface area contributed by atoms with Crippen molar-refractivity contribution in [1.29, 1.82) is 0 Å². The molecule has 0 aliphatic heterocycles. The molecule has 5 nitrogen and oxygen atoms in total. The summed E-state index contributed by atoms with van der Waals surface area (Å²) in [6.45, 7) is 14.7. The Bertz CT molecular complexity index is 955. The number of hydrogen-bond donors (Lipinski definition) is 1. The van der Waals surface area contributed by atoms with E-state index in [2.05, 4.69) is 39.8 Å². The summed E-state index contributed by atoms with van der Waals surface area (Å²) in [5.41, 5.74) is 4.07. The SMILES string of the molecule is CCOc1ccc(C(=O)N(CC[NH+](CC)CC)c2nc3cc(C)c(C)cc3s2)cc1. The number of ether oxygens (including phenoxy) is 1. The Morgan fingerprint density at radius 1 is 1.07 bits per heavy atom. The number of anilines is 1. The number of likely N-dealkylation sites (N-methyl/N-ethyl adjacent to an activating group) is 1. The van der Waals surface area contributed by atoms with E-state index in [9.17, 15) is 4.79 Å². The van der Waals surface area contributed by atoms with E-state index in [1.807, 2.05) is 36.1 Å². The molecule has 0 bridgehead atoms. The normalized spacial score (nSPS) is 11.3. The molecule has 0 saturated carbocycles. The lowest BCUT2D eigenvalue weighted by molar-refractivity contribution is -0.894. The highest BCUT2D eigenvalue weighted by Crippen LogP contribution is 2.31. The van der Waals surface area contributed by atoms with Crippen LogP contribution in [0.1, 0.15) is 42.3 Å². The summed E-state index contributed by atoms with van der Waals surface area (Å²) in [6.07, 6.45) is 0. The summed E-state index contributed by atoms with van der Waals surface area (Å²) < 4.78 is 6.64. The third-order valence-corrected chi connectivity index (χ3v) is 6.61. The van der Waals surface area contributed by atoms with Crippen LogP contribution in [0.4, 0.5) is 5.13 Å². The molecule has 0 fully saturated rings. The number of thiazole rings is 1. The number of rotatable bonds is 9. The van der Waals surface area contributed by atoms with Gasteiger partial charge in [-0.3, -0.25) is 9.69 Å². The monoisotopic (exact) mass is 426 g/mol. The summed E-state index contributed by atoms with van der Waals surface area (Å²) in [4.78, 5) is 21.6. The fourth-order valence-corrected chi connectivity index (χ4v) is 4.53. The first-order valence-corrected chi connectivity index (χ1v) is 11.5. The van der Waals surface area contributed by atoms with Crippen LogP contribution < -0.4 is 14.5 Å². The van der Waals surface area contributed by atoms with Crippen molar-refractivity contribution >= 4 is 32.6 Å². The smallest absolute Gasteiger partial charge is 0.260 e. The van der Waals surface area contributed by atoms with Crippen molar-refractivity contribution in [3.8, 4) is 5.75 Å². The molecule has 0 saturated heterocycles. The van der Waals surface area contributed by atoms with Gasteiger partial charge in [0.05, 0.1) is 43.0 Å². The fourth-order valence-electron chi connectivity index (χ4n) is 3.46. The molecule has 3 aromatic rings. The van der Waals surface area contributed by atoms with Gasteiger partial charge in [-0.25, -0.2) is 4.98 Å². The van der Waals surface area contributed by atoms with E-state index in [0.29, 0.717) is 18.7 Å². The van der Waals surface area contributed by atoms with Gasteiger partial charge in [-0.2, -0.15) is 0 Å². The van der Waals surface area contributed by atoms with Crippen molar-refractivity contribution in [3.63, 3.8) is 0 Å². The third-order valence-electron chi connectivity index (χ3n) is 5.57. The zero-order valence-electron chi connectivity index (χ0n) is 18.6. The maximum absolute atomic E-state index is 13.5. The van der Waals surface area contributed by atoms with Crippen LogP contribution in [0.5, 0.6) is 5.75 Å². The zero-order chi connectivity index (χ0) is 21.7. The molecule has 0 radical (unpaired) electrons. The van der Waals surface area contributed by atoms with E-state index >= 15 is 0 Å². The number of fused-ring (bicyclic) bond motifs is 1. The van der Waals surface area contributed by atoms with E-state index in [1.165, 1.54) is 16.0 Å². The first-order valence-electron chi connectivity index (χ1n) is 10.7. The second kappa shape index (κ2) is 10.0. The van der Waals surface area contributed by atoms with E-state index in [4.69, 9.17) is 9.72 Å². The topological polar surface area (TPSA) is 46.9 Å². The molecule has 1 heterocycles. The van der Waals surface area contributed by atoms with Crippen molar-refractivity contribution in [3.05, 3.63) is 53.1 Å². The lowest BCUT2D eigenvalue weighted by atomic mass is 10.1. The number of nitrogens with zero attached hydrogens (tertiary/aromatic N) is 2. The highest BCUT2D eigenvalue weighted by Gasteiger charge is 2.23. The van der Waals surface area contributed by atoms with Gasteiger partial charge in [0.15, 0.2) is 5.13 Å². The Balaban J connectivity index is 1.94. The first kappa shape index (κ1) is 22.2. The van der Waals surface area contributed by atoms with Crippen molar-refractivity contribution in [1.82, 2.24) is 4.98 Å². The van der Waals surface area contributed by atoms with Gasteiger partial charge in [0.1, 0.15) is 5.75 Å². The Morgan fingerprint density at radius 2 is 1.73 bits per heavy atom. The summed E-state index contributed by atoms with van der Waals surface area (Å²) in [6, 6.07) is 11.7. The molecule has 1 N–H and O–H groups in total. The van der Waals surface area contributed by atoms with Gasteiger partial charge in [0.2, 0.25) is 0 Å². The summed E-state index contributed by atoms with van der Waals surface area (Å²) >= 11 is 1.59. The number of aryl methyl sites for hydroxylation is 2. The number of benzene rings is 2. The average molecular weight is 427 g/mol. The third kappa shape index (κ3) is 4.99. The second-order valence-electron chi connectivity index (χ2n) is 7.52. The number of quaternary nitrogens is 1. The standard InChI is InChI=1S/C24H31N3O2S/c1-6-26(7-2)13-14-27(23(28)19-9-11-20(12-10-19)29-8-3)24-25-21-15-17(4)18(5)16-22(21)30-24/h9-12,15-16H,6-8,13-14H2,1-5H3/p+1. The molecule has 2 aromatic carbocycles. The van der Waals surface area contributed by atoms with Crippen LogP contribution in [0, 0.1) is 13.8 Å². The lowest BCUT2D eigenvalue weighted by Crippen LogP contribution is -3.12. The minimum absolute atomic E-state index is 0.0166. The Kier molecular flexibility index (Phi) is 7.45. The van der Waals surface area contributed by atoms with Gasteiger partial charge in [-0.15, -0.1) is 0 Å². The molecule has 0 spiro atoms.